The zero-order chi connectivity index (χ0) is 20.5. The maximum Gasteiger partial charge on any atom is 0.215 e. The Labute approximate surface area is 175 Å². The molecule has 3 fully saturated rings. The van der Waals surface area contributed by atoms with Crippen molar-refractivity contribution in [3.63, 3.8) is 0 Å². The van der Waals surface area contributed by atoms with E-state index in [1.807, 2.05) is 0 Å². The van der Waals surface area contributed by atoms with Crippen molar-refractivity contribution in [3.05, 3.63) is 35.4 Å². The van der Waals surface area contributed by atoms with E-state index in [1.54, 1.807) is 4.31 Å². The number of sulfonamides is 1. The van der Waals surface area contributed by atoms with Crippen LogP contribution in [0.3, 0.4) is 0 Å². The van der Waals surface area contributed by atoms with Crippen molar-refractivity contribution in [2.45, 2.75) is 70.6 Å². The first-order valence-corrected chi connectivity index (χ1v) is 12.9. The van der Waals surface area contributed by atoms with Gasteiger partial charge in [-0.05, 0) is 72.8 Å². The van der Waals surface area contributed by atoms with Crippen LogP contribution in [-0.2, 0) is 26.7 Å². The fourth-order valence-electron chi connectivity index (χ4n) is 7.23. The van der Waals surface area contributed by atoms with E-state index in [-0.39, 0.29) is 22.4 Å². The second-order valence-corrected chi connectivity index (χ2v) is 12.6. The predicted octanol–water partition coefficient (Wildman–Crippen LogP) is 4.08. The summed E-state index contributed by atoms with van der Waals surface area (Å²) in [7, 11) is -3.43. The van der Waals surface area contributed by atoms with Crippen molar-refractivity contribution in [1.29, 1.82) is 0 Å². The van der Waals surface area contributed by atoms with Crippen LogP contribution in [0.15, 0.2) is 24.3 Å². The smallest absolute Gasteiger partial charge is 0.215 e. The third-order valence-corrected chi connectivity index (χ3v) is 11.3. The average molecular weight is 416 g/mol. The maximum atomic E-state index is 13.4. The minimum Gasteiger partial charge on any atom is -0.299 e. The molecule has 0 unspecified atom stereocenters. The molecule has 2 bridgehead atoms. The van der Waals surface area contributed by atoms with Crippen molar-refractivity contribution in [2.24, 2.45) is 16.7 Å². The third kappa shape index (κ3) is 2.72. The lowest BCUT2D eigenvalue weighted by molar-refractivity contribution is -0.128. The molecule has 1 aromatic rings. The molecule has 29 heavy (non-hydrogen) atoms. The Balaban J connectivity index is 1.36. The number of fused-ring (bicyclic) bond motifs is 4. The van der Waals surface area contributed by atoms with Gasteiger partial charge in [0.25, 0.3) is 0 Å². The van der Waals surface area contributed by atoms with Crippen LogP contribution >= 0.6 is 0 Å². The normalized spacial score (nSPS) is 33.2. The number of Topliss-reactive ketones (excluding diaryl/α,β-unsaturated/α-hetero) is 1. The number of nitrogens with zero attached hydrogens (tertiary/aromatic N) is 1. The Kier molecular flexibility index (Phi) is 4.36. The number of carbonyl (C=O) groups excluding carboxylic acids is 1. The lowest BCUT2D eigenvalue weighted by Crippen LogP contribution is -2.51. The third-order valence-electron chi connectivity index (χ3n) is 9.33. The number of aryl methyl sites for hydroxylation is 1. The van der Waals surface area contributed by atoms with Gasteiger partial charge < -0.3 is 0 Å². The molecule has 158 valence electrons. The van der Waals surface area contributed by atoms with Crippen LogP contribution in [0.2, 0.25) is 0 Å². The SMILES string of the molecule is CC1(C)[C@@H]2CC[C@@]1(CS(=O)(=O)N1CCC3(CCCc4ccccc43)CC1)C(=O)C2. The largest absolute Gasteiger partial charge is 0.299 e. The van der Waals surface area contributed by atoms with Crippen molar-refractivity contribution < 1.29 is 13.2 Å². The van der Waals surface area contributed by atoms with Crippen LogP contribution in [0.25, 0.3) is 0 Å². The van der Waals surface area contributed by atoms with Gasteiger partial charge in [-0.3, -0.25) is 4.79 Å². The van der Waals surface area contributed by atoms with E-state index >= 15 is 0 Å². The number of carbonyl (C=O) groups is 1. The summed E-state index contributed by atoms with van der Waals surface area (Å²) in [6, 6.07) is 8.74. The fourth-order valence-corrected chi connectivity index (χ4v) is 9.45. The topological polar surface area (TPSA) is 54.5 Å². The molecule has 5 heteroatoms. The predicted molar refractivity (Wildman–Crippen MR) is 114 cm³/mol. The van der Waals surface area contributed by atoms with Gasteiger partial charge in [-0.15, -0.1) is 0 Å². The number of ketones is 1. The van der Waals surface area contributed by atoms with Crippen LogP contribution < -0.4 is 0 Å². The maximum absolute atomic E-state index is 13.4. The number of rotatable bonds is 3. The van der Waals surface area contributed by atoms with Crippen LogP contribution in [-0.4, -0.2) is 37.3 Å². The van der Waals surface area contributed by atoms with E-state index in [2.05, 4.69) is 38.1 Å². The Bertz CT molecular complexity index is 943. The number of benzene rings is 1. The summed E-state index contributed by atoms with van der Waals surface area (Å²) < 4.78 is 28.6. The highest BCUT2D eigenvalue weighted by Crippen LogP contribution is 2.64. The summed E-state index contributed by atoms with van der Waals surface area (Å²) in [6.45, 7) is 5.42. The van der Waals surface area contributed by atoms with E-state index in [0.717, 1.165) is 38.5 Å². The standard InChI is InChI=1S/C24H33NO3S/c1-22(2)19-9-11-24(22,21(26)16-19)17-29(27,28)25-14-12-23(13-15-25)10-5-7-18-6-3-4-8-20(18)23/h3-4,6,8,19H,5,7,9-17H2,1-2H3/t19-,24-/m1/s1. The summed E-state index contributed by atoms with van der Waals surface area (Å²) in [5.41, 5.74) is 2.18. The first-order chi connectivity index (χ1) is 13.7. The van der Waals surface area contributed by atoms with Gasteiger partial charge in [-0.1, -0.05) is 38.1 Å². The quantitative estimate of drug-likeness (QED) is 0.747. The molecule has 4 aliphatic rings. The van der Waals surface area contributed by atoms with Crippen molar-refractivity contribution >= 4 is 15.8 Å². The van der Waals surface area contributed by atoms with Crippen molar-refractivity contribution in [3.8, 4) is 0 Å². The van der Waals surface area contributed by atoms with Crippen LogP contribution in [0.5, 0.6) is 0 Å². The molecule has 1 aliphatic heterocycles. The van der Waals surface area contributed by atoms with Gasteiger partial charge in [-0.2, -0.15) is 0 Å². The fraction of sp³-hybridized carbons (Fsp3) is 0.708. The summed E-state index contributed by atoms with van der Waals surface area (Å²) in [4.78, 5) is 12.8. The number of hydrogen-bond acceptors (Lipinski definition) is 3. The molecule has 5 rings (SSSR count). The molecule has 0 N–H and O–H groups in total. The second-order valence-electron chi connectivity index (χ2n) is 10.6. The van der Waals surface area contributed by atoms with Gasteiger partial charge >= 0.3 is 0 Å². The van der Waals surface area contributed by atoms with Gasteiger partial charge in [0.05, 0.1) is 5.75 Å². The number of piperidine rings is 1. The van der Waals surface area contributed by atoms with E-state index in [4.69, 9.17) is 0 Å². The molecule has 4 nitrogen and oxygen atoms in total. The number of hydrogen-bond donors (Lipinski definition) is 0. The molecule has 1 spiro atoms. The molecule has 0 radical (unpaired) electrons. The highest BCUT2D eigenvalue weighted by Gasteiger charge is 2.65. The Morgan fingerprint density at radius 3 is 2.45 bits per heavy atom. The monoisotopic (exact) mass is 415 g/mol. The van der Waals surface area contributed by atoms with Crippen LogP contribution in [0.4, 0.5) is 0 Å². The molecule has 2 atom stereocenters. The van der Waals surface area contributed by atoms with Gasteiger partial charge in [0.1, 0.15) is 5.78 Å². The minimum atomic E-state index is -3.43. The molecule has 1 aromatic carbocycles. The average Bonchev–Trinajstić information content (AvgIpc) is 3.03. The lowest BCUT2D eigenvalue weighted by atomic mass is 9.65. The minimum absolute atomic E-state index is 0.0198. The van der Waals surface area contributed by atoms with E-state index in [0.29, 0.717) is 25.4 Å². The Hall–Kier alpha value is -1.20. The van der Waals surface area contributed by atoms with Gasteiger partial charge in [-0.25, -0.2) is 12.7 Å². The highest BCUT2D eigenvalue weighted by atomic mass is 32.2. The highest BCUT2D eigenvalue weighted by molar-refractivity contribution is 7.89. The van der Waals surface area contributed by atoms with E-state index in [9.17, 15) is 13.2 Å². The first kappa shape index (κ1) is 19.7. The molecular weight excluding hydrogens is 382 g/mol. The van der Waals surface area contributed by atoms with Crippen LogP contribution in [0, 0.1) is 16.7 Å². The van der Waals surface area contributed by atoms with Crippen molar-refractivity contribution in [2.75, 3.05) is 18.8 Å². The Morgan fingerprint density at radius 1 is 1.07 bits per heavy atom. The molecule has 0 aromatic heterocycles. The first-order valence-electron chi connectivity index (χ1n) is 11.3. The molecule has 1 saturated heterocycles. The van der Waals surface area contributed by atoms with Gasteiger partial charge in [0, 0.05) is 24.9 Å². The summed E-state index contributed by atoms with van der Waals surface area (Å²) >= 11 is 0. The van der Waals surface area contributed by atoms with Crippen LogP contribution in [0.1, 0.15) is 69.9 Å². The lowest BCUT2D eigenvalue weighted by Gasteiger charge is -2.46. The summed E-state index contributed by atoms with van der Waals surface area (Å²) in [5.74, 6) is 0.567. The molecule has 0 amide bonds. The second kappa shape index (κ2) is 6.40. The van der Waals surface area contributed by atoms with Crippen molar-refractivity contribution in [1.82, 2.24) is 4.31 Å². The van der Waals surface area contributed by atoms with E-state index in [1.165, 1.54) is 17.5 Å². The zero-order valence-corrected chi connectivity index (χ0v) is 18.6. The summed E-state index contributed by atoms with van der Waals surface area (Å²) in [6.07, 6.45) is 7.60. The molecule has 1 heterocycles. The van der Waals surface area contributed by atoms with Gasteiger partial charge in [0.2, 0.25) is 10.0 Å². The van der Waals surface area contributed by atoms with E-state index < -0.39 is 15.4 Å². The molecular formula is C24H33NO3S. The summed E-state index contributed by atoms with van der Waals surface area (Å²) in [5, 5.41) is 0. The van der Waals surface area contributed by atoms with Gasteiger partial charge in [0.15, 0.2) is 0 Å². The molecule has 3 aliphatic carbocycles. The Morgan fingerprint density at radius 2 is 1.79 bits per heavy atom. The molecule has 2 saturated carbocycles. The zero-order valence-electron chi connectivity index (χ0n) is 17.7.